The van der Waals surface area contributed by atoms with Crippen LogP contribution in [0.3, 0.4) is 0 Å². The molecule has 138 valence electrons. The number of hydrogen-bond donors (Lipinski definition) is 2. The molecule has 1 saturated heterocycles. The SMILES string of the molecule is O=C(Nc1ccc2cn[nH]c2c1)C1CCCN1C(=O)OCc1ccccc1. The molecule has 7 nitrogen and oxygen atoms in total. The number of likely N-dealkylation sites (tertiary alicyclic amines) is 1. The van der Waals surface area contributed by atoms with Crippen molar-refractivity contribution in [3.8, 4) is 0 Å². The molecule has 2 N–H and O–H groups in total. The fourth-order valence-electron chi connectivity index (χ4n) is 3.30. The summed E-state index contributed by atoms with van der Waals surface area (Å²) in [7, 11) is 0. The molecular weight excluding hydrogens is 344 g/mol. The van der Waals surface area contributed by atoms with Gasteiger partial charge in [-0.25, -0.2) is 4.79 Å². The van der Waals surface area contributed by atoms with Crippen molar-refractivity contribution >= 4 is 28.6 Å². The van der Waals surface area contributed by atoms with Gasteiger partial charge in [0.2, 0.25) is 5.91 Å². The van der Waals surface area contributed by atoms with Crippen LogP contribution in [-0.2, 0) is 16.1 Å². The lowest BCUT2D eigenvalue weighted by molar-refractivity contribution is -0.120. The van der Waals surface area contributed by atoms with Gasteiger partial charge in [0, 0.05) is 17.6 Å². The topological polar surface area (TPSA) is 87.3 Å². The number of fused-ring (bicyclic) bond motifs is 1. The first-order valence-electron chi connectivity index (χ1n) is 8.92. The fraction of sp³-hybridized carbons (Fsp3) is 0.250. The standard InChI is InChI=1S/C20H20N4O3/c25-19(22-16-9-8-15-12-21-23-17(15)11-16)18-7-4-10-24(18)20(26)27-13-14-5-2-1-3-6-14/h1-3,5-6,8-9,11-12,18H,4,7,10,13H2,(H,21,23)(H,22,25). The van der Waals surface area contributed by atoms with E-state index in [0.717, 1.165) is 22.9 Å². The maximum Gasteiger partial charge on any atom is 0.410 e. The van der Waals surface area contributed by atoms with Crippen LogP contribution in [0.5, 0.6) is 0 Å². The van der Waals surface area contributed by atoms with E-state index < -0.39 is 12.1 Å². The Hall–Kier alpha value is -3.35. The molecule has 27 heavy (non-hydrogen) atoms. The Bertz CT molecular complexity index is 954. The number of benzene rings is 2. The number of carbonyl (C=O) groups is 2. The monoisotopic (exact) mass is 364 g/mol. The summed E-state index contributed by atoms with van der Waals surface area (Å²) in [6, 6.07) is 14.5. The van der Waals surface area contributed by atoms with Gasteiger partial charge in [0.25, 0.3) is 0 Å². The summed E-state index contributed by atoms with van der Waals surface area (Å²) < 4.78 is 5.38. The third-order valence-corrected chi connectivity index (χ3v) is 4.70. The first-order valence-corrected chi connectivity index (χ1v) is 8.92. The number of rotatable bonds is 4. The molecule has 0 aliphatic carbocycles. The second-order valence-electron chi connectivity index (χ2n) is 6.55. The third kappa shape index (κ3) is 3.76. The van der Waals surface area contributed by atoms with Crippen molar-refractivity contribution in [3.05, 3.63) is 60.3 Å². The number of ether oxygens (including phenoxy) is 1. The van der Waals surface area contributed by atoms with Gasteiger partial charge >= 0.3 is 6.09 Å². The number of nitrogens with zero attached hydrogens (tertiary/aromatic N) is 2. The second-order valence-corrected chi connectivity index (χ2v) is 6.55. The zero-order chi connectivity index (χ0) is 18.6. The highest BCUT2D eigenvalue weighted by molar-refractivity contribution is 5.98. The van der Waals surface area contributed by atoms with E-state index in [9.17, 15) is 9.59 Å². The summed E-state index contributed by atoms with van der Waals surface area (Å²) in [5.41, 5.74) is 2.43. The highest BCUT2D eigenvalue weighted by atomic mass is 16.6. The first kappa shape index (κ1) is 17.1. The molecule has 4 rings (SSSR count). The molecule has 0 saturated carbocycles. The number of H-pyrrole nitrogens is 1. The Balaban J connectivity index is 1.39. The van der Waals surface area contributed by atoms with E-state index in [1.54, 1.807) is 6.20 Å². The van der Waals surface area contributed by atoms with Gasteiger partial charge in [-0.2, -0.15) is 5.10 Å². The van der Waals surface area contributed by atoms with Crippen molar-refractivity contribution in [2.45, 2.75) is 25.5 Å². The van der Waals surface area contributed by atoms with E-state index >= 15 is 0 Å². The van der Waals surface area contributed by atoms with Crippen molar-refractivity contribution in [2.75, 3.05) is 11.9 Å². The van der Waals surface area contributed by atoms with E-state index in [1.807, 2.05) is 48.5 Å². The summed E-state index contributed by atoms with van der Waals surface area (Å²) in [4.78, 5) is 26.6. The average molecular weight is 364 g/mol. The summed E-state index contributed by atoms with van der Waals surface area (Å²) in [6.07, 6.45) is 2.67. The minimum atomic E-state index is -0.522. The van der Waals surface area contributed by atoms with Crippen LogP contribution in [0.25, 0.3) is 10.9 Å². The summed E-state index contributed by atoms with van der Waals surface area (Å²) in [5, 5.41) is 10.7. The Morgan fingerprint density at radius 3 is 2.93 bits per heavy atom. The predicted molar refractivity (Wildman–Crippen MR) is 101 cm³/mol. The van der Waals surface area contributed by atoms with Gasteiger partial charge in [0.05, 0.1) is 11.7 Å². The van der Waals surface area contributed by atoms with Crippen LogP contribution in [0.1, 0.15) is 18.4 Å². The Kier molecular flexibility index (Phi) is 4.74. The predicted octanol–water partition coefficient (Wildman–Crippen LogP) is 3.30. The van der Waals surface area contributed by atoms with E-state index in [-0.39, 0.29) is 12.5 Å². The van der Waals surface area contributed by atoms with Crippen LogP contribution in [0.2, 0.25) is 0 Å². The van der Waals surface area contributed by atoms with Gasteiger partial charge in [-0.1, -0.05) is 30.3 Å². The number of carbonyl (C=O) groups excluding carboxylic acids is 2. The van der Waals surface area contributed by atoms with Gasteiger partial charge < -0.3 is 10.1 Å². The molecule has 1 aliphatic heterocycles. The summed E-state index contributed by atoms with van der Waals surface area (Å²) in [5.74, 6) is -0.206. The molecule has 7 heteroatoms. The minimum Gasteiger partial charge on any atom is -0.445 e. The van der Waals surface area contributed by atoms with Crippen molar-refractivity contribution in [2.24, 2.45) is 0 Å². The van der Waals surface area contributed by atoms with Crippen LogP contribution in [0.4, 0.5) is 10.5 Å². The molecule has 1 unspecified atom stereocenters. The highest BCUT2D eigenvalue weighted by Crippen LogP contribution is 2.22. The molecule has 2 heterocycles. The van der Waals surface area contributed by atoms with E-state index in [2.05, 4.69) is 15.5 Å². The number of aromatic amines is 1. The van der Waals surface area contributed by atoms with Crippen molar-refractivity contribution in [1.29, 1.82) is 0 Å². The Morgan fingerprint density at radius 2 is 2.07 bits per heavy atom. The third-order valence-electron chi connectivity index (χ3n) is 4.70. The van der Waals surface area contributed by atoms with E-state index in [4.69, 9.17) is 4.74 Å². The molecule has 2 aromatic carbocycles. The molecule has 0 bridgehead atoms. The van der Waals surface area contributed by atoms with Crippen LogP contribution in [0, 0.1) is 0 Å². The molecule has 1 atom stereocenters. The second kappa shape index (κ2) is 7.49. The lowest BCUT2D eigenvalue weighted by atomic mass is 10.2. The van der Waals surface area contributed by atoms with E-state index in [0.29, 0.717) is 18.7 Å². The Labute approximate surface area is 156 Å². The average Bonchev–Trinajstić information content (AvgIpc) is 3.36. The highest BCUT2D eigenvalue weighted by Gasteiger charge is 2.35. The van der Waals surface area contributed by atoms with E-state index in [1.165, 1.54) is 4.90 Å². The van der Waals surface area contributed by atoms with Crippen LogP contribution >= 0.6 is 0 Å². The lowest BCUT2D eigenvalue weighted by Gasteiger charge is -2.23. The number of hydrogen-bond acceptors (Lipinski definition) is 4. The first-order chi connectivity index (χ1) is 13.2. The van der Waals surface area contributed by atoms with Crippen LogP contribution in [0.15, 0.2) is 54.7 Å². The quantitative estimate of drug-likeness (QED) is 0.744. The lowest BCUT2D eigenvalue weighted by Crippen LogP contribution is -2.43. The smallest absolute Gasteiger partial charge is 0.410 e. The summed E-state index contributed by atoms with van der Waals surface area (Å²) in [6.45, 7) is 0.715. The van der Waals surface area contributed by atoms with Crippen LogP contribution in [-0.4, -0.2) is 39.7 Å². The number of anilines is 1. The van der Waals surface area contributed by atoms with Gasteiger partial charge in [-0.05, 0) is 36.6 Å². The maximum atomic E-state index is 12.7. The number of amides is 2. The minimum absolute atomic E-state index is 0.195. The van der Waals surface area contributed by atoms with Gasteiger partial charge in [-0.3, -0.25) is 14.8 Å². The van der Waals surface area contributed by atoms with Crippen molar-refractivity contribution in [1.82, 2.24) is 15.1 Å². The maximum absolute atomic E-state index is 12.7. The van der Waals surface area contributed by atoms with Gasteiger partial charge in [-0.15, -0.1) is 0 Å². The van der Waals surface area contributed by atoms with Gasteiger partial charge in [0.1, 0.15) is 12.6 Å². The molecular formula is C20H20N4O3. The van der Waals surface area contributed by atoms with Crippen molar-refractivity contribution in [3.63, 3.8) is 0 Å². The molecule has 2 amide bonds. The molecule has 1 aliphatic rings. The van der Waals surface area contributed by atoms with Gasteiger partial charge in [0.15, 0.2) is 0 Å². The molecule has 1 aromatic heterocycles. The largest absolute Gasteiger partial charge is 0.445 e. The normalized spacial score (nSPS) is 16.4. The zero-order valence-corrected chi connectivity index (χ0v) is 14.7. The fourth-order valence-corrected chi connectivity index (χ4v) is 3.30. The molecule has 1 fully saturated rings. The van der Waals surface area contributed by atoms with Crippen LogP contribution < -0.4 is 5.32 Å². The van der Waals surface area contributed by atoms with Crippen molar-refractivity contribution < 1.29 is 14.3 Å². The number of aromatic nitrogens is 2. The molecule has 0 spiro atoms. The number of nitrogens with one attached hydrogen (secondary N) is 2. The Morgan fingerprint density at radius 1 is 1.22 bits per heavy atom. The summed E-state index contributed by atoms with van der Waals surface area (Å²) >= 11 is 0. The molecule has 3 aromatic rings. The zero-order valence-electron chi connectivity index (χ0n) is 14.7. The molecule has 0 radical (unpaired) electrons.